The number of aromatic amines is 1. The molecule has 92 heavy (non-hydrogen) atoms. The minimum absolute atomic E-state index is 0.0317. The van der Waals surface area contributed by atoms with Gasteiger partial charge in [-0.3, -0.25) is 57.7 Å². The lowest BCUT2D eigenvalue weighted by Gasteiger charge is -2.30. The molecule has 29 nitrogen and oxygen atoms in total. The molecule has 5 aromatic rings. The van der Waals surface area contributed by atoms with Gasteiger partial charge in [0.2, 0.25) is 65.0 Å². The van der Waals surface area contributed by atoms with Crippen LogP contribution in [0.25, 0.3) is 21.7 Å². The number of carbonyl (C=O) groups is 11. The van der Waals surface area contributed by atoms with Crippen LogP contribution >= 0.6 is 0 Å². The molecule has 1 aromatic heterocycles. The molecule has 2 aliphatic rings. The molecule has 10 atom stereocenters. The topological polar surface area (TPSA) is 466 Å². The second-order valence-corrected chi connectivity index (χ2v) is 23.2. The largest absolute Gasteiger partial charge is 0.508 e. The van der Waals surface area contributed by atoms with Gasteiger partial charge in [-0.1, -0.05) is 85.6 Å². The maximum absolute atomic E-state index is 14.3. The highest BCUT2D eigenvalue weighted by Crippen LogP contribution is 2.34. The Morgan fingerprint density at radius 2 is 1.32 bits per heavy atom. The first kappa shape index (κ1) is 69.3. The van der Waals surface area contributed by atoms with Crippen LogP contribution in [-0.4, -0.2) is 183 Å². The fourth-order valence-electron chi connectivity index (χ4n) is 10.8. The summed E-state index contributed by atoms with van der Waals surface area (Å²) in [5.41, 5.74) is 19.7. The monoisotopic (exact) mass is 1270 g/mol. The summed E-state index contributed by atoms with van der Waals surface area (Å²) in [5.74, 6) is -9.71. The number of nitrogens with two attached hydrogens (primary N) is 3. The number of primary amides is 2. The van der Waals surface area contributed by atoms with Gasteiger partial charge in [-0.05, 0) is 77.8 Å². The molecule has 2 fully saturated rings. The number of rotatable bonds is 32. The zero-order chi connectivity index (χ0) is 66.8. The number of likely N-dealkylation sites (tertiary alicyclic amines) is 1. The number of hydrogen-bond donors (Lipinski definition) is 16. The third-order valence-corrected chi connectivity index (χ3v) is 15.9. The third kappa shape index (κ3) is 20.2. The zero-order valence-corrected chi connectivity index (χ0v) is 51.2. The Hall–Kier alpha value is -10.2. The number of aromatic hydroxyl groups is 1. The van der Waals surface area contributed by atoms with Crippen LogP contribution in [0.1, 0.15) is 75.5 Å². The molecule has 19 N–H and O–H groups in total. The van der Waals surface area contributed by atoms with E-state index >= 15 is 0 Å². The quantitative estimate of drug-likeness (QED) is 0.0119. The lowest BCUT2D eigenvalue weighted by molar-refractivity contribution is -0.142. The molecule has 1 saturated carbocycles. The highest BCUT2D eigenvalue weighted by Gasteiger charge is 2.43. The van der Waals surface area contributed by atoms with Gasteiger partial charge in [0.05, 0.1) is 25.2 Å². The lowest BCUT2D eigenvalue weighted by atomic mass is 10.0. The number of guanidine groups is 1. The Morgan fingerprint density at radius 1 is 0.674 bits per heavy atom. The molecule has 4 aromatic carbocycles. The first-order chi connectivity index (χ1) is 43.8. The van der Waals surface area contributed by atoms with E-state index in [1.54, 1.807) is 30.5 Å². The Balaban J connectivity index is 1.04. The third-order valence-electron chi connectivity index (χ3n) is 15.9. The van der Waals surface area contributed by atoms with Crippen LogP contribution in [0.15, 0.2) is 102 Å². The normalized spacial score (nSPS) is 17.3. The number of aliphatic hydroxyl groups is 2. The molecule has 7 rings (SSSR count). The van der Waals surface area contributed by atoms with Crippen LogP contribution in [0.2, 0.25) is 0 Å². The van der Waals surface area contributed by atoms with Gasteiger partial charge in [0.15, 0.2) is 5.96 Å². The average molecular weight is 1270 g/mol. The molecule has 29 heteroatoms. The van der Waals surface area contributed by atoms with Crippen LogP contribution in [0.3, 0.4) is 0 Å². The summed E-state index contributed by atoms with van der Waals surface area (Å²) in [6, 6.07) is 14.2. The number of aliphatic imine (C=N–C) groups is 1. The van der Waals surface area contributed by atoms with Crippen molar-refractivity contribution in [2.24, 2.45) is 28.1 Å². The first-order valence-electron chi connectivity index (χ1n) is 30.2. The van der Waals surface area contributed by atoms with E-state index in [9.17, 15) is 68.1 Å². The Kier molecular flexibility index (Phi) is 24.5. The number of H-pyrrole nitrogens is 1. The van der Waals surface area contributed by atoms with E-state index in [4.69, 9.17) is 17.2 Å². The second-order valence-electron chi connectivity index (χ2n) is 23.2. The van der Waals surface area contributed by atoms with Crippen LogP contribution in [-0.2, 0) is 72.0 Å². The zero-order valence-electron chi connectivity index (χ0n) is 51.2. The molecule has 0 bridgehead atoms. The van der Waals surface area contributed by atoms with Crippen molar-refractivity contribution in [2.75, 3.05) is 26.7 Å². The number of phenols is 1. The van der Waals surface area contributed by atoms with Crippen LogP contribution in [0.5, 0.6) is 5.75 Å². The van der Waals surface area contributed by atoms with E-state index in [1.807, 2.05) is 42.5 Å². The van der Waals surface area contributed by atoms with Gasteiger partial charge < -0.3 is 90.3 Å². The second kappa shape index (κ2) is 32.5. The van der Waals surface area contributed by atoms with Crippen molar-refractivity contribution in [3.05, 3.63) is 114 Å². The smallest absolute Gasteiger partial charge is 0.246 e. The summed E-state index contributed by atoms with van der Waals surface area (Å²) in [6.07, 6.45) is -0.683. The number of aliphatic hydroxyl groups excluding tert-OH is 2. The number of benzene rings is 4. The van der Waals surface area contributed by atoms with Crippen molar-refractivity contribution >= 4 is 92.6 Å². The standard InChI is InChI=1S/C63H81N15O14/c1-33(79)54(77-59(89)49(29-52(64)83)75-60(90)51-28-42(82)32-78(51)62(92)50(71-34(2)80)25-36-17-20-41(81)21-18-36)61(91)76-47(26-37-16-19-38-9-4-5-10-39(38)23-37)56(86)70-31-53(84)72-48(24-35-14-15-35)58(88)73-45(13-8-22-68-63(66)67-3)57(87)74-46(55(65)85)27-40-30-69-44-12-7-6-11-43(40)44/h4-7,9-12,16-21,23,30,33,35,42,45-51,54,69,79,81-82H,8,13-15,22,24-29,31-32H2,1-3H3,(H2,64,83)(H2,65,85)(H,70,86)(H,71,80)(H,72,84)(H,73,88)(H,74,87)(H,75,90)(H,76,91)(H,77,89)(H3,66,67,68)/t33-,42-,45+,46+,47+,48+,49+,50-,51+,54+/m1/s1. The van der Waals surface area contributed by atoms with Gasteiger partial charge in [0.25, 0.3) is 0 Å². The SMILES string of the molecule is CN=C(N)NCCC[C@H](NC(=O)[C@H](CC1CC1)NC(=O)CNC(=O)[C@H](Cc1ccc2ccccc2c1)NC(=O)[C@@H](NC(=O)[C@H](CC(N)=O)NC(=O)[C@@H]1C[C@@H](O)CN1C(=O)[C@@H](Cc1ccc(O)cc1)NC(C)=O)[C@@H](C)O)C(=O)N[C@@H](Cc1c[nH]c2ccccc12)C(N)=O. The summed E-state index contributed by atoms with van der Waals surface area (Å²) in [5, 5.41) is 57.3. The van der Waals surface area contributed by atoms with Crippen molar-refractivity contribution in [1.29, 1.82) is 0 Å². The van der Waals surface area contributed by atoms with Crippen molar-refractivity contribution in [1.82, 2.24) is 57.7 Å². The average Bonchev–Trinajstić information content (AvgIpc) is 1.73. The number of para-hydroxylation sites is 1. The summed E-state index contributed by atoms with van der Waals surface area (Å²) in [7, 11) is 1.49. The Labute approximate surface area is 529 Å². The van der Waals surface area contributed by atoms with E-state index in [1.165, 1.54) is 38.2 Å². The number of fused-ring (bicyclic) bond motifs is 2. The molecule has 1 aliphatic heterocycles. The summed E-state index contributed by atoms with van der Waals surface area (Å²) < 4.78 is 0. The van der Waals surface area contributed by atoms with Crippen LogP contribution < -0.4 is 65.1 Å². The Bertz CT molecular complexity index is 3540. The predicted molar refractivity (Wildman–Crippen MR) is 337 cm³/mol. The van der Waals surface area contributed by atoms with Crippen molar-refractivity contribution in [3.63, 3.8) is 0 Å². The van der Waals surface area contributed by atoms with E-state index in [2.05, 4.69) is 57.8 Å². The number of carbonyl (C=O) groups excluding carboxylic acids is 11. The van der Waals surface area contributed by atoms with Gasteiger partial charge in [0.1, 0.15) is 54.1 Å². The molecular weight excluding hydrogens is 1190 g/mol. The van der Waals surface area contributed by atoms with Gasteiger partial charge in [-0.15, -0.1) is 0 Å². The highest BCUT2D eigenvalue weighted by molar-refractivity contribution is 6.00. The number of hydrogen-bond acceptors (Lipinski definition) is 15. The predicted octanol–water partition coefficient (Wildman–Crippen LogP) is -2.60. The molecule has 11 amide bonds. The van der Waals surface area contributed by atoms with E-state index in [0.717, 1.165) is 46.3 Å². The minimum atomic E-state index is -1.89. The van der Waals surface area contributed by atoms with E-state index < -0.39 is 138 Å². The van der Waals surface area contributed by atoms with Crippen molar-refractivity contribution in [2.45, 2.75) is 139 Å². The number of β-amino-alcohol motifs (C(OH)–C–C–N with tert-alkyl or cyclic N) is 1. The molecule has 0 unspecified atom stereocenters. The van der Waals surface area contributed by atoms with Crippen molar-refractivity contribution in [3.8, 4) is 5.75 Å². The fourth-order valence-corrected chi connectivity index (χ4v) is 10.8. The summed E-state index contributed by atoms with van der Waals surface area (Å²) in [4.78, 5) is 159. The van der Waals surface area contributed by atoms with Crippen molar-refractivity contribution < 1.29 is 68.1 Å². The number of nitrogens with one attached hydrogen (secondary N) is 10. The Morgan fingerprint density at radius 3 is 1.99 bits per heavy atom. The van der Waals surface area contributed by atoms with Gasteiger partial charge in [-0.25, -0.2) is 0 Å². The molecule has 1 aliphatic carbocycles. The number of aromatic nitrogens is 1. The maximum atomic E-state index is 14.3. The van der Waals surface area contributed by atoms with Crippen LogP contribution in [0.4, 0.5) is 0 Å². The summed E-state index contributed by atoms with van der Waals surface area (Å²) in [6.45, 7) is 1.48. The maximum Gasteiger partial charge on any atom is 0.246 e. The molecule has 0 radical (unpaired) electrons. The summed E-state index contributed by atoms with van der Waals surface area (Å²) >= 11 is 0. The van der Waals surface area contributed by atoms with Gasteiger partial charge in [-0.2, -0.15) is 0 Å². The molecule has 492 valence electrons. The van der Waals surface area contributed by atoms with E-state index in [-0.39, 0.29) is 75.7 Å². The van der Waals surface area contributed by atoms with Crippen LogP contribution in [0, 0.1) is 5.92 Å². The number of amides is 11. The number of nitrogens with zero attached hydrogens (tertiary/aromatic N) is 2. The van der Waals surface area contributed by atoms with Gasteiger partial charge >= 0.3 is 0 Å². The molecular formula is C63H81N15O14. The molecule has 1 saturated heterocycles. The van der Waals surface area contributed by atoms with E-state index in [0.29, 0.717) is 16.7 Å². The lowest BCUT2D eigenvalue weighted by Crippen LogP contribution is -2.61. The highest BCUT2D eigenvalue weighted by atomic mass is 16.3. The molecule has 0 spiro atoms. The molecule has 2 heterocycles. The van der Waals surface area contributed by atoms with Gasteiger partial charge in [0, 0.05) is 69.8 Å². The minimum Gasteiger partial charge on any atom is -0.508 e. The first-order valence-corrected chi connectivity index (χ1v) is 30.2. The number of phenolic OH excluding ortho intramolecular Hbond substituents is 1. The fraction of sp³-hybridized carbons (Fsp3) is 0.429.